The maximum Gasteiger partial charge on any atom is 0.310 e. The first-order valence-corrected chi connectivity index (χ1v) is 10.1. The number of nitrogens with zero attached hydrogens (tertiary/aromatic N) is 2. The molecule has 170 valence electrons. The topological polar surface area (TPSA) is 84.4 Å². The molecule has 8 nitrogen and oxygen atoms in total. The molecule has 0 aliphatic carbocycles. The van der Waals surface area contributed by atoms with Crippen LogP contribution in [0.4, 0.5) is 0 Å². The van der Waals surface area contributed by atoms with Crippen molar-refractivity contribution in [1.29, 1.82) is 0 Å². The fourth-order valence-corrected chi connectivity index (χ4v) is 3.33. The highest BCUT2D eigenvalue weighted by Gasteiger charge is 2.24. The van der Waals surface area contributed by atoms with E-state index in [0.717, 1.165) is 55.6 Å². The average Bonchev–Trinajstić information content (AvgIpc) is 3.17. The molecule has 1 aliphatic rings. The van der Waals surface area contributed by atoms with Crippen LogP contribution in [0.2, 0.25) is 0 Å². The third kappa shape index (κ3) is 8.17. The molecule has 1 heterocycles. The van der Waals surface area contributed by atoms with E-state index < -0.39 is 0 Å². The van der Waals surface area contributed by atoms with E-state index in [9.17, 15) is 4.79 Å². The summed E-state index contributed by atoms with van der Waals surface area (Å²) in [7, 11) is 4.73. The molecule has 0 radical (unpaired) electrons. The number of hydrogen-bond acceptors (Lipinski definition) is 6. The van der Waals surface area contributed by atoms with E-state index in [0.29, 0.717) is 12.6 Å². The first-order valence-electron chi connectivity index (χ1n) is 10.1. The second kappa shape index (κ2) is 13.5. The Morgan fingerprint density at radius 2 is 1.90 bits per heavy atom. The summed E-state index contributed by atoms with van der Waals surface area (Å²) in [6, 6.07) is 6.27. The van der Waals surface area contributed by atoms with Crippen LogP contribution >= 0.6 is 24.0 Å². The molecule has 1 saturated heterocycles. The number of benzene rings is 1. The van der Waals surface area contributed by atoms with Gasteiger partial charge in [-0.1, -0.05) is 6.92 Å². The molecule has 2 unspecified atom stereocenters. The van der Waals surface area contributed by atoms with E-state index in [2.05, 4.69) is 20.5 Å². The summed E-state index contributed by atoms with van der Waals surface area (Å²) in [6.07, 6.45) is 1.03. The van der Waals surface area contributed by atoms with E-state index in [1.165, 1.54) is 7.11 Å². The van der Waals surface area contributed by atoms with Gasteiger partial charge in [-0.25, -0.2) is 0 Å². The van der Waals surface area contributed by atoms with Crippen molar-refractivity contribution in [3.05, 3.63) is 23.8 Å². The molecule has 0 amide bonds. The smallest absolute Gasteiger partial charge is 0.310 e. The van der Waals surface area contributed by atoms with Gasteiger partial charge in [-0.3, -0.25) is 14.7 Å². The molecule has 0 saturated carbocycles. The van der Waals surface area contributed by atoms with Crippen molar-refractivity contribution in [3.8, 4) is 11.5 Å². The van der Waals surface area contributed by atoms with E-state index in [1.54, 1.807) is 14.2 Å². The highest BCUT2D eigenvalue weighted by molar-refractivity contribution is 14.0. The Balaban J connectivity index is 0.00000450. The maximum absolute atomic E-state index is 11.6. The van der Waals surface area contributed by atoms with Gasteiger partial charge >= 0.3 is 5.97 Å². The van der Waals surface area contributed by atoms with Crippen LogP contribution in [0.15, 0.2) is 23.2 Å². The lowest BCUT2D eigenvalue weighted by atomic mass is 10.2. The molecule has 0 bridgehead atoms. The molecule has 1 fully saturated rings. The SMILES string of the molecule is CCNC(=NCC(C)C(=O)OC)NC1CCN(Cc2cc(OC)cc(OC)c2)C1.I. The quantitative estimate of drug-likeness (QED) is 0.218. The van der Waals surface area contributed by atoms with E-state index in [1.807, 2.05) is 32.0 Å². The third-order valence-electron chi connectivity index (χ3n) is 4.90. The largest absolute Gasteiger partial charge is 0.497 e. The zero-order valence-electron chi connectivity index (χ0n) is 18.6. The maximum atomic E-state index is 11.6. The van der Waals surface area contributed by atoms with Crippen LogP contribution in [-0.4, -0.2) is 70.4 Å². The minimum Gasteiger partial charge on any atom is -0.497 e. The Morgan fingerprint density at radius 3 is 2.47 bits per heavy atom. The van der Waals surface area contributed by atoms with Gasteiger partial charge in [-0.05, 0) is 31.0 Å². The molecule has 2 atom stereocenters. The number of ether oxygens (including phenoxy) is 3. The lowest BCUT2D eigenvalue weighted by Gasteiger charge is -2.19. The number of carbonyl (C=O) groups is 1. The molecular formula is C21H35IN4O4. The van der Waals surface area contributed by atoms with Crippen LogP contribution < -0.4 is 20.1 Å². The number of methoxy groups -OCH3 is 3. The second-order valence-corrected chi connectivity index (χ2v) is 7.23. The molecule has 1 aromatic rings. The highest BCUT2D eigenvalue weighted by atomic mass is 127. The summed E-state index contributed by atoms with van der Waals surface area (Å²) in [5.74, 6) is 1.83. The molecule has 1 aromatic carbocycles. The van der Waals surface area contributed by atoms with Gasteiger partial charge in [0.1, 0.15) is 11.5 Å². The van der Waals surface area contributed by atoms with E-state index in [4.69, 9.17) is 14.2 Å². The lowest BCUT2D eigenvalue weighted by molar-refractivity contribution is -0.144. The molecular weight excluding hydrogens is 499 g/mol. The first kappa shape index (κ1) is 26.3. The molecule has 1 aliphatic heterocycles. The number of aliphatic imine (C=N–C) groups is 1. The Hall–Kier alpha value is -1.75. The van der Waals surface area contributed by atoms with Gasteiger partial charge in [0.05, 0.1) is 33.8 Å². The fourth-order valence-electron chi connectivity index (χ4n) is 3.33. The summed E-state index contributed by atoms with van der Waals surface area (Å²) in [4.78, 5) is 18.5. The number of rotatable bonds is 9. The van der Waals surface area contributed by atoms with Crippen LogP contribution in [0.1, 0.15) is 25.8 Å². The van der Waals surface area contributed by atoms with Crippen LogP contribution in [-0.2, 0) is 16.1 Å². The van der Waals surface area contributed by atoms with Crippen molar-refractivity contribution in [3.63, 3.8) is 0 Å². The summed E-state index contributed by atoms with van der Waals surface area (Å²) in [5.41, 5.74) is 1.16. The van der Waals surface area contributed by atoms with E-state index in [-0.39, 0.29) is 35.9 Å². The van der Waals surface area contributed by atoms with Gasteiger partial charge in [0.15, 0.2) is 5.96 Å². The number of likely N-dealkylation sites (tertiary alicyclic amines) is 1. The molecule has 0 aromatic heterocycles. The summed E-state index contributed by atoms with van der Waals surface area (Å²) in [6.45, 7) is 7.74. The summed E-state index contributed by atoms with van der Waals surface area (Å²) in [5, 5.41) is 6.74. The van der Waals surface area contributed by atoms with Gasteiger partial charge in [-0.15, -0.1) is 24.0 Å². The Kier molecular flexibility index (Phi) is 11.9. The second-order valence-electron chi connectivity index (χ2n) is 7.23. The van der Waals surface area contributed by atoms with E-state index >= 15 is 0 Å². The highest BCUT2D eigenvalue weighted by Crippen LogP contribution is 2.24. The van der Waals surface area contributed by atoms with Gasteiger partial charge < -0.3 is 24.8 Å². The Bertz CT molecular complexity index is 679. The Morgan fingerprint density at radius 1 is 1.23 bits per heavy atom. The molecule has 2 N–H and O–H groups in total. The van der Waals surface area contributed by atoms with Gasteiger partial charge in [0, 0.05) is 38.3 Å². The normalized spacial score (nSPS) is 17.6. The van der Waals surface area contributed by atoms with Crippen LogP contribution in [0.3, 0.4) is 0 Å². The van der Waals surface area contributed by atoms with Crippen molar-refractivity contribution in [2.45, 2.75) is 32.9 Å². The molecule has 30 heavy (non-hydrogen) atoms. The van der Waals surface area contributed by atoms with Crippen molar-refractivity contribution in [2.24, 2.45) is 10.9 Å². The van der Waals surface area contributed by atoms with Crippen LogP contribution in [0.5, 0.6) is 11.5 Å². The monoisotopic (exact) mass is 534 g/mol. The molecule has 0 spiro atoms. The summed E-state index contributed by atoms with van der Waals surface area (Å²) < 4.78 is 15.5. The molecule has 9 heteroatoms. The lowest BCUT2D eigenvalue weighted by Crippen LogP contribution is -2.44. The van der Waals surface area contributed by atoms with Crippen LogP contribution in [0.25, 0.3) is 0 Å². The number of halogens is 1. The zero-order chi connectivity index (χ0) is 21.2. The minimum absolute atomic E-state index is 0. The molecule has 2 rings (SSSR count). The first-order chi connectivity index (χ1) is 14.0. The predicted molar refractivity (Wildman–Crippen MR) is 129 cm³/mol. The van der Waals surface area contributed by atoms with Crippen molar-refractivity contribution >= 4 is 35.9 Å². The fraction of sp³-hybridized carbons (Fsp3) is 0.619. The van der Waals surface area contributed by atoms with Crippen molar-refractivity contribution in [2.75, 3.05) is 47.5 Å². The van der Waals surface area contributed by atoms with Crippen molar-refractivity contribution < 1.29 is 19.0 Å². The summed E-state index contributed by atoms with van der Waals surface area (Å²) >= 11 is 0. The number of hydrogen-bond donors (Lipinski definition) is 2. The number of nitrogens with one attached hydrogen (secondary N) is 2. The number of carbonyl (C=O) groups excluding carboxylic acids is 1. The van der Waals surface area contributed by atoms with Crippen LogP contribution in [0, 0.1) is 5.92 Å². The average molecular weight is 534 g/mol. The number of esters is 1. The standard InChI is InChI=1S/C21H34N4O4.HI/c1-6-22-21(23-12-15(2)20(26)29-5)24-17-7-8-25(14-17)13-16-9-18(27-3)11-19(10-16)28-4;/h9-11,15,17H,6-8,12-14H2,1-5H3,(H2,22,23,24);1H. The third-order valence-corrected chi connectivity index (χ3v) is 4.90. The Labute approximate surface area is 196 Å². The zero-order valence-corrected chi connectivity index (χ0v) is 20.9. The minimum atomic E-state index is -0.265. The van der Waals surface area contributed by atoms with Gasteiger partial charge in [0.25, 0.3) is 0 Å². The van der Waals surface area contributed by atoms with Gasteiger partial charge in [-0.2, -0.15) is 0 Å². The predicted octanol–water partition coefficient (Wildman–Crippen LogP) is 2.26. The number of guanidine groups is 1. The van der Waals surface area contributed by atoms with Gasteiger partial charge in [0.2, 0.25) is 0 Å². The van der Waals surface area contributed by atoms with Crippen molar-refractivity contribution in [1.82, 2.24) is 15.5 Å².